The van der Waals surface area contributed by atoms with Crippen LogP contribution in [0, 0.1) is 5.82 Å². The van der Waals surface area contributed by atoms with E-state index in [1.807, 2.05) is 43.3 Å². The first-order chi connectivity index (χ1) is 15.6. The van der Waals surface area contributed by atoms with Gasteiger partial charge in [0, 0.05) is 16.8 Å². The third-order valence-electron chi connectivity index (χ3n) is 5.33. The van der Waals surface area contributed by atoms with Crippen molar-refractivity contribution in [1.82, 2.24) is 9.97 Å². The smallest absolute Gasteiger partial charge is 0.170 e. The summed E-state index contributed by atoms with van der Waals surface area (Å²) in [6.07, 6.45) is 2.55. The zero-order valence-corrected chi connectivity index (χ0v) is 17.6. The van der Waals surface area contributed by atoms with Crippen molar-refractivity contribution in [3.05, 3.63) is 107 Å². The lowest BCUT2D eigenvalue weighted by Gasteiger charge is -2.20. The normalized spacial score (nSPS) is 12.5. The van der Waals surface area contributed by atoms with Crippen molar-refractivity contribution in [2.45, 2.75) is 19.4 Å². The summed E-state index contributed by atoms with van der Waals surface area (Å²) in [6.45, 7) is 2.03. The van der Waals surface area contributed by atoms with Gasteiger partial charge in [-0.15, -0.1) is 0 Å². The SMILES string of the molecule is CCc1ccc(F)c(C(Nc2ccc(/C(N)=N/O)cc2)c2ncc(-c3ccccc3)[nH]2)c1. The van der Waals surface area contributed by atoms with Crippen LogP contribution in [0.2, 0.25) is 0 Å². The number of halogens is 1. The first-order valence-electron chi connectivity index (χ1n) is 10.3. The first kappa shape index (κ1) is 21.1. The summed E-state index contributed by atoms with van der Waals surface area (Å²) in [5.74, 6) is 0.301. The molecule has 0 aliphatic heterocycles. The summed E-state index contributed by atoms with van der Waals surface area (Å²) in [5, 5.41) is 15.3. The zero-order chi connectivity index (χ0) is 22.5. The van der Waals surface area contributed by atoms with Gasteiger partial charge in [-0.1, -0.05) is 54.5 Å². The topological polar surface area (TPSA) is 99.3 Å². The molecule has 3 aromatic carbocycles. The lowest BCUT2D eigenvalue weighted by molar-refractivity contribution is 0.318. The summed E-state index contributed by atoms with van der Waals surface area (Å²) in [6, 6.07) is 21.5. The number of amidine groups is 1. The molecule has 4 aromatic rings. The number of rotatable bonds is 7. The second kappa shape index (κ2) is 9.34. The number of aryl methyl sites for hydroxylation is 1. The molecule has 32 heavy (non-hydrogen) atoms. The molecule has 0 radical (unpaired) electrons. The lowest BCUT2D eigenvalue weighted by atomic mass is 10.0. The summed E-state index contributed by atoms with van der Waals surface area (Å²) in [4.78, 5) is 7.90. The highest BCUT2D eigenvalue weighted by atomic mass is 19.1. The molecule has 1 atom stereocenters. The molecule has 1 heterocycles. The van der Waals surface area contributed by atoms with Crippen molar-refractivity contribution in [1.29, 1.82) is 0 Å². The molecule has 7 heteroatoms. The molecular formula is C25H24FN5O. The van der Waals surface area contributed by atoms with Gasteiger partial charge < -0.3 is 21.2 Å². The largest absolute Gasteiger partial charge is 0.409 e. The number of aromatic nitrogens is 2. The lowest BCUT2D eigenvalue weighted by Crippen LogP contribution is -2.17. The molecule has 0 aliphatic carbocycles. The number of benzene rings is 3. The van der Waals surface area contributed by atoms with Crippen LogP contribution in [0.3, 0.4) is 0 Å². The Hall–Kier alpha value is -4.13. The maximum atomic E-state index is 14.9. The summed E-state index contributed by atoms with van der Waals surface area (Å²) in [5.41, 5.74) is 10.4. The Labute approximate surface area is 185 Å². The summed E-state index contributed by atoms with van der Waals surface area (Å²) < 4.78 is 14.9. The van der Waals surface area contributed by atoms with Gasteiger partial charge >= 0.3 is 0 Å². The zero-order valence-electron chi connectivity index (χ0n) is 17.6. The number of aromatic amines is 1. The van der Waals surface area contributed by atoms with E-state index in [-0.39, 0.29) is 11.7 Å². The molecule has 0 saturated carbocycles. The van der Waals surface area contributed by atoms with Gasteiger partial charge in [0.2, 0.25) is 0 Å². The van der Waals surface area contributed by atoms with Gasteiger partial charge in [0.05, 0.1) is 11.9 Å². The monoisotopic (exact) mass is 429 g/mol. The second-order valence-electron chi connectivity index (χ2n) is 7.40. The Morgan fingerprint density at radius 2 is 1.88 bits per heavy atom. The van der Waals surface area contributed by atoms with Crippen LogP contribution in [0.15, 0.2) is 84.1 Å². The first-order valence-corrected chi connectivity index (χ1v) is 10.3. The quantitative estimate of drug-likeness (QED) is 0.143. The minimum absolute atomic E-state index is 0.0216. The molecule has 0 fully saturated rings. The van der Waals surface area contributed by atoms with Crippen molar-refractivity contribution < 1.29 is 9.60 Å². The van der Waals surface area contributed by atoms with E-state index >= 15 is 0 Å². The third-order valence-corrected chi connectivity index (χ3v) is 5.33. The van der Waals surface area contributed by atoms with Crippen molar-refractivity contribution in [2.75, 3.05) is 5.32 Å². The summed E-state index contributed by atoms with van der Waals surface area (Å²) >= 11 is 0. The van der Waals surface area contributed by atoms with Crippen molar-refractivity contribution >= 4 is 11.5 Å². The van der Waals surface area contributed by atoms with Gasteiger partial charge in [0.25, 0.3) is 0 Å². The average molecular weight is 429 g/mol. The fraction of sp³-hybridized carbons (Fsp3) is 0.120. The Bertz CT molecular complexity index is 1220. The number of imidazole rings is 1. The molecule has 162 valence electrons. The number of hydrogen-bond acceptors (Lipinski definition) is 4. The third kappa shape index (κ3) is 4.46. The summed E-state index contributed by atoms with van der Waals surface area (Å²) in [7, 11) is 0. The molecule has 0 spiro atoms. The highest BCUT2D eigenvalue weighted by Gasteiger charge is 2.22. The van der Waals surface area contributed by atoms with E-state index in [0.717, 1.165) is 28.9 Å². The van der Waals surface area contributed by atoms with Crippen molar-refractivity contribution in [3.63, 3.8) is 0 Å². The fourth-order valence-corrected chi connectivity index (χ4v) is 3.54. The Balaban J connectivity index is 1.73. The molecule has 0 saturated heterocycles. The van der Waals surface area contributed by atoms with E-state index in [9.17, 15) is 4.39 Å². The van der Waals surface area contributed by atoms with Crippen LogP contribution in [-0.2, 0) is 6.42 Å². The Morgan fingerprint density at radius 1 is 1.12 bits per heavy atom. The van der Waals surface area contributed by atoms with Gasteiger partial charge in [-0.05, 0) is 47.9 Å². The van der Waals surface area contributed by atoms with Gasteiger partial charge in [-0.25, -0.2) is 9.37 Å². The number of nitrogens with zero attached hydrogens (tertiary/aromatic N) is 2. The highest BCUT2D eigenvalue weighted by molar-refractivity contribution is 5.97. The molecular weight excluding hydrogens is 405 g/mol. The number of hydrogen-bond donors (Lipinski definition) is 4. The minimum atomic E-state index is -0.548. The molecule has 5 N–H and O–H groups in total. The predicted octanol–water partition coefficient (Wildman–Crippen LogP) is 5.07. The van der Waals surface area contributed by atoms with Crippen LogP contribution >= 0.6 is 0 Å². The average Bonchev–Trinajstić information content (AvgIpc) is 3.33. The Morgan fingerprint density at radius 3 is 2.56 bits per heavy atom. The highest BCUT2D eigenvalue weighted by Crippen LogP contribution is 2.30. The maximum Gasteiger partial charge on any atom is 0.170 e. The molecule has 0 bridgehead atoms. The van der Waals surface area contributed by atoms with E-state index in [1.165, 1.54) is 6.07 Å². The number of anilines is 1. The molecule has 6 nitrogen and oxygen atoms in total. The molecule has 1 aromatic heterocycles. The van der Waals surface area contributed by atoms with E-state index < -0.39 is 6.04 Å². The Kier molecular flexibility index (Phi) is 6.17. The van der Waals surface area contributed by atoms with Crippen LogP contribution in [0.1, 0.15) is 35.5 Å². The molecule has 4 rings (SSSR count). The van der Waals surface area contributed by atoms with Crippen molar-refractivity contribution in [3.8, 4) is 11.3 Å². The van der Waals surface area contributed by atoms with Gasteiger partial charge in [-0.3, -0.25) is 0 Å². The van der Waals surface area contributed by atoms with Crippen LogP contribution in [-0.4, -0.2) is 21.0 Å². The van der Waals surface area contributed by atoms with Gasteiger partial charge in [-0.2, -0.15) is 0 Å². The molecule has 1 unspecified atom stereocenters. The van der Waals surface area contributed by atoms with Crippen molar-refractivity contribution in [2.24, 2.45) is 10.9 Å². The number of nitrogens with two attached hydrogens (primary N) is 1. The number of nitrogens with one attached hydrogen (secondary N) is 2. The number of oxime groups is 1. The molecule has 0 aliphatic rings. The van der Waals surface area contributed by atoms with Gasteiger partial charge in [0.1, 0.15) is 17.7 Å². The standard InChI is InChI=1S/C25H24FN5O/c1-2-16-8-13-21(26)20(14-16)23(29-19-11-9-18(10-12-19)24(27)31-32)25-28-15-22(30-25)17-6-4-3-5-7-17/h3-15,23,29,32H,2H2,1H3,(H2,27,31)(H,28,30). The van der Waals surface area contributed by atoms with Crippen LogP contribution in [0.4, 0.5) is 10.1 Å². The minimum Gasteiger partial charge on any atom is -0.409 e. The predicted molar refractivity (Wildman–Crippen MR) is 124 cm³/mol. The van der Waals surface area contributed by atoms with E-state index in [4.69, 9.17) is 10.9 Å². The second-order valence-corrected chi connectivity index (χ2v) is 7.40. The van der Waals surface area contributed by atoms with E-state index in [2.05, 4.69) is 20.4 Å². The molecule has 0 amide bonds. The van der Waals surface area contributed by atoms with Gasteiger partial charge in [0.15, 0.2) is 5.84 Å². The maximum absolute atomic E-state index is 14.9. The van der Waals surface area contributed by atoms with Crippen LogP contribution < -0.4 is 11.1 Å². The van der Waals surface area contributed by atoms with E-state index in [0.29, 0.717) is 17.0 Å². The van der Waals surface area contributed by atoms with E-state index in [1.54, 1.807) is 36.5 Å². The van der Waals surface area contributed by atoms with Crippen LogP contribution in [0.5, 0.6) is 0 Å². The number of H-pyrrole nitrogens is 1. The fourth-order valence-electron chi connectivity index (χ4n) is 3.54. The van der Waals surface area contributed by atoms with Crippen LogP contribution in [0.25, 0.3) is 11.3 Å².